The highest BCUT2D eigenvalue weighted by Crippen LogP contribution is 2.22. The van der Waals surface area contributed by atoms with Gasteiger partial charge in [-0.3, -0.25) is 4.90 Å². The fraction of sp³-hybridized carbons (Fsp3) is 0.467. The number of hydrogen-bond donors (Lipinski definition) is 1. The molecule has 0 aliphatic carbocycles. The summed E-state index contributed by atoms with van der Waals surface area (Å²) in [6.45, 7) is 7.93. The molecule has 0 aliphatic rings. The van der Waals surface area contributed by atoms with Crippen LogP contribution in [0.4, 0.5) is 11.7 Å². The third kappa shape index (κ3) is 3.81. The Morgan fingerprint density at radius 2 is 1.90 bits per heavy atom. The van der Waals surface area contributed by atoms with E-state index in [0.29, 0.717) is 24.4 Å². The Bertz CT molecular complexity index is 533. The highest BCUT2D eigenvalue weighted by Gasteiger charge is 2.12. The van der Waals surface area contributed by atoms with Crippen LogP contribution in [0.2, 0.25) is 0 Å². The molecule has 5 heteroatoms. The van der Waals surface area contributed by atoms with Crippen LogP contribution in [0, 0.1) is 12.8 Å². The molecule has 1 aromatic heterocycles. The highest BCUT2D eigenvalue weighted by atomic mass is 16.4. The Hall–Kier alpha value is -1.88. The quantitative estimate of drug-likeness (QED) is 0.877. The Morgan fingerprint density at radius 3 is 2.55 bits per heavy atom. The van der Waals surface area contributed by atoms with Crippen molar-refractivity contribution in [3.8, 4) is 0 Å². The SMILES string of the molecule is Cc1ccc(N(C)c2nnc(CNCC(C)C)o2)cc1. The van der Waals surface area contributed by atoms with Gasteiger partial charge in [-0.05, 0) is 31.5 Å². The zero-order chi connectivity index (χ0) is 14.5. The number of aryl methyl sites for hydroxylation is 1. The van der Waals surface area contributed by atoms with E-state index in [1.165, 1.54) is 5.56 Å². The van der Waals surface area contributed by atoms with Crippen LogP contribution in [0.3, 0.4) is 0 Å². The third-order valence-corrected chi connectivity index (χ3v) is 2.99. The van der Waals surface area contributed by atoms with E-state index in [4.69, 9.17) is 4.42 Å². The van der Waals surface area contributed by atoms with Crippen LogP contribution in [0.5, 0.6) is 0 Å². The third-order valence-electron chi connectivity index (χ3n) is 2.99. The first-order valence-electron chi connectivity index (χ1n) is 6.89. The van der Waals surface area contributed by atoms with E-state index in [0.717, 1.165) is 12.2 Å². The number of hydrogen-bond acceptors (Lipinski definition) is 5. The predicted molar refractivity (Wildman–Crippen MR) is 80.1 cm³/mol. The number of nitrogens with one attached hydrogen (secondary N) is 1. The van der Waals surface area contributed by atoms with Gasteiger partial charge in [-0.2, -0.15) is 0 Å². The molecule has 0 fully saturated rings. The minimum atomic E-state index is 0.509. The van der Waals surface area contributed by atoms with Gasteiger partial charge in [0.25, 0.3) is 0 Å². The van der Waals surface area contributed by atoms with E-state index in [1.54, 1.807) is 0 Å². The Labute approximate surface area is 120 Å². The topological polar surface area (TPSA) is 54.2 Å². The summed E-state index contributed by atoms with van der Waals surface area (Å²) in [7, 11) is 1.92. The van der Waals surface area contributed by atoms with Gasteiger partial charge in [0.2, 0.25) is 5.89 Å². The van der Waals surface area contributed by atoms with Crippen molar-refractivity contribution in [2.75, 3.05) is 18.5 Å². The molecule has 1 heterocycles. The van der Waals surface area contributed by atoms with Crippen molar-refractivity contribution in [2.45, 2.75) is 27.3 Å². The van der Waals surface area contributed by atoms with E-state index >= 15 is 0 Å². The molecule has 0 spiro atoms. The summed E-state index contributed by atoms with van der Waals surface area (Å²) in [6.07, 6.45) is 0. The molecular weight excluding hydrogens is 252 g/mol. The minimum absolute atomic E-state index is 0.509. The Morgan fingerprint density at radius 1 is 1.20 bits per heavy atom. The second-order valence-electron chi connectivity index (χ2n) is 5.40. The molecule has 0 saturated heterocycles. The zero-order valence-corrected chi connectivity index (χ0v) is 12.6. The van der Waals surface area contributed by atoms with Crippen LogP contribution in [0.15, 0.2) is 28.7 Å². The normalized spacial score (nSPS) is 11.1. The first-order valence-corrected chi connectivity index (χ1v) is 6.89. The Balaban J connectivity index is 1.99. The minimum Gasteiger partial charge on any atom is -0.406 e. The number of rotatable bonds is 6. The summed E-state index contributed by atoms with van der Waals surface area (Å²) in [5.41, 5.74) is 2.26. The van der Waals surface area contributed by atoms with Crippen molar-refractivity contribution < 1.29 is 4.42 Å². The molecule has 0 unspecified atom stereocenters. The molecule has 0 bridgehead atoms. The first-order chi connectivity index (χ1) is 9.56. The lowest BCUT2D eigenvalue weighted by molar-refractivity contribution is 0.455. The summed E-state index contributed by atoms with van der Waals surface area (Å²) >= 11 is 0. The van der Waals surface area contributed by atoms with E-state index in [1.807, 2.05) is 24.1 Å². The van der Waals surface area contributed by atoms with Crippen LogP contribution < -0.4 is 10.2 Å². The van der Waals surface area contributed by atoms with Gasteiger partial charge >= 0.3 is 6.01 Å². The molecule has 2 aromatic rings. The average molecular weight is 274 g/mol. The number of aromatic nitrogens is 2. The molecular formula is C15H22N4O. The van der Waals surface area contributed by atoms with Crippen molar-refractivity contribution in [3.63, 3.8) is 0 Å². The van der Waals surface area contributed by atoms with Gasteiger partial charge in [-0.25, -0.2) is 0 Å². The summed E-state index contributed by atoms with van der Waals surface area (Å²) in [6, 6.07) is 8.71. The van der Waals surface area contributed by atoms with Crippen molar-refractivity contribution in [1.82, 2.24) is 15.5 Å². The summed E-state index contributed by atoms with van der Waals surface area (Å²) < 4.78 is 5.65. The van der Waals surface area contributed by atoms with Gasteiger partial charge in [0, 0.05) is 12.7 Å². The van der Waals surface area contributed by atoms with Gasteiger partial charge in [-0.1, -0.05) is 36.6 Å². The number of anilines is 2. The lowest BCUT2D eigenvalue weighted by Gasteiger charge is -2.13. The number of nitrogens with zero attached hydrogens (tertiary/aromatic N) is 3. The molecule has 0 atom stereocenters. The Kier molecular flexibility index (Phi) is 4.74. The largest absolute Gasteiger partial charge is 0.406 e. The summed E-state index contributed by atoms with van der Waals surface area (Å²) in [5, 5.41) is 11.4. The second-order valence-corrected chi connectivity index (χ2v) is 5.40. The molecule has 0 radical (unpaired) electrons. The second kappa shape index (κ2) is 6.52. The molecule has 2 rings (SSSR count). The van der Waals surface area contributed by atoms with Crippen LogP contribution in [0.1, 0.15) is 25.3 Å². The lowest BCUT2D eigenvalue weighted by Crippen LogP contribution is -2.19. The van der Waals surface area contributed by atoms with Crippen LogP contribution in [-0.4, -0.2) is 23.8 Å². The first kappa shape index (κ1) is 14.5. The fourth-order valence-electron chi connectivity index (χ4n) is 1.80. The lowest BCUT2D eigenvalue weighted by atomic mass is 10.2. The summed E-state index contributed by atoms with van der Waals surface area (Å²) in [4.78, 5) is 1.89. The van der Waals surface area contributed by atoms with Gasteiger partial charge < -0.3 is 9.73 Å². The van der Waals surface area contributed by atoms with E-state index in [2.05, 4.69) is 48.4 Å². The van der Waals surface area contributed by atoms with Crippen LogP contribution in [0.25, 0.3) is 0 Å². The smallest absolute Gasteiger partial charge is 0.322 e. The maximum absolute atomic E-state index is 5.65. The van der Waals surface area contributed by atoms with Crippen molar-refractivity contribution >= 4 is 11.7 Å². The standard InChI is InChI=1S/C15H22N4O/c1-11(2)9-16-10-14-17-18-15(20-14)19(4)13-7-5-12(3)6-8-13/h5-8,11,16H,9-10H2,1-4H3. The maximum atomic E-state index is 5.65. The van der Waals surface area contributed by atoms with E-state index in [9.17, 15) is 0 Å². The molecule has 1 N–H and O–H groups in total. The predicted octanol–water partition coefficient (Wildman–Crippen LogP) is 2.89. The molecule has 20 heavy (non-hydrogen) atoms. The highest BCUT2D eigenvalue weighted by molar-refractivity contribution is 5.55. The van der Waals surface area contributed by atoms with E-state index in [-0.39, 0.29) is 0 Å². The van der Waals surface area contributed by atoms with Crippen molar-refractivity contribution in [3.05, 3.63) is 35.7 Å². The van der Waals surface area contributed by atoms with Crippen LogP contribution in [-0.2, 0) is 6.54 Å². The number of benzene rings is 1. The van der Waals surface area contributed by atoms with Crippen molar-refractivity contribution in [1.29, 1.82) is 0 Å². The molecule has 0 saturated carbocycles. The fourth-order valence-corrected chi connectivity index (χ4v) is 1.80. The average Bonchev–Trinajstić information content (AvgIpc) is 2.87. The molecule has 5 nitrogen and oxygen atoms in total. The van der Waals surface area contributed by atoms with E-state index < -0.39 is 0 Å². The van der Waals surface area contributed by atoms with Crippen LogP contribution >= 0.6 is 0 Å². The van der Waals surface area contributed by atoms with Gasteiger partial charge in [0.1, 0.15) is 0 Å². The molecule has 0 aliphatic heterocycles. The van der Waals surface area contributed by atoms with Gasteiger partial charge in [0.05, 0.1) is 6.54 Å². The maximum Gasteiger partial charge on any atom is 0.322 e. The van der Waals surface area contributed by atoms with Crippen molar-refractivity contribution in [2.24, 2.45) is 5.92 Å². The monoisotopic (exact) mass is 274 g/mol. The summed E-state index contributed by atoms with van der Waals surface area (Å²) in [5.74, 6) is 1.22. The van der Waals surface area contributed by atoms with Gasteiger partial charge in [-0.15, -0.1) is 5.10 Å². The molecule has 0 amide bonds. The molecule has 1 aromatic carbocycles. The molecule has 108 valence electrons. The zero-order valence-electron chi connectivity index (χ0n) is 12.6. The van der Waals surface area contributed by atoms with Gasteiger partial charge in [0.15, 0.2) is 0 Å².